The average molecular weight is 412 g/mol. The number of alkyl halides is 2. The van der Waals surface area contributed by atoms with Gasteiger partial charge in [0.05, 0.1) is 11.9 Å². The maximum atomic E-state index is 13.3. The zero-order valence-electron chi connectivity index (χ0n) is 14.4. The van der Waals surface area contributed by atoms with Crippen molar-refractivity contribution in [2.45, 2.75) is 17.1 Å². The Kier molecular flexibility index (Phi) is 4.45. The molecule has 0 saturated carbocycles. The molecule has 0 radical (unpaired) electrons. The molecule has 0 atom stereocenters. The number of fused-ring (bicyclic) bond motifs is 1. The summed E-state index contributed by atoms with van der Waals surface area (Å²) in [6.07, 6.45) is -0.625. The smallest absolute Gasteiger partial charge is 0.395 e. The van der Waals surface area contributed by atoms with Crippen LogP contribution in [0.4, 0.5) is 14.6 Å². The first-order valence-electron chi connectivity index (χ1n) is 8.06. The lowest BCUT2D eigenvalue weighted by atomic mass is 9.96. The van der Waals surface area contributed by atoms with Crippen molar-refractivity contribution in [3.05, 3.63) is 47.5 Å². The molecule has 0 aliphatic carbocycles. The third kappa shape index (κ3) is 3.39. The SMILES string of the molecule is N#Cc1c(N)nc(SCc2cnc[nH]2)c(C#N)c1-c1ccc2c(c1)OC(F)(F)O2. The van der Waals surface area contributed by atoms with Crippen molar-refractivity contribution in [2.75, 3.05) is 5.73 Å². The third-order valence-corrected chi connectivity index (χ3v) is 5.05. The lowest BCUT2D eigenvalue weighted by Gasteiger charge is -2.13. The fourth-order valence-electron chi connectivity index (χ4n) is 2.81. The van der Waals surface area contributed by atoms with Gasteiger partial charge in [-0.2, -0.15) is 10.5 Å². The highest BCUT2D eigenvalue weighted by molar-refractivity contribution is 7.98. The predicted octanol–water partition coefficient (Wildman–Crippen LogP) is 3.41. The number of pyridine rings is 1. The summed E-state index contributed by atoms with van der Waals surface area (Å²) in [5.41, 5.74) is 7.31. The summed E-state index contributed by atoms with van der Waals surface area (Å²) in [6, 6.07) is 7.98. The van der Waals surface area contributed by atoms with Crippen LogP contribution in [0.2, 0.25) is 0 Å². The van der Waals surface area contributed by atoms with E-state index >= 15 is 0 Å². The van der Waals surface area contributed by atoms with Crippen LogP contribution in [0.3, 0.4) is 0 Å². The van der Waals surface area contributed by atoms with Crippen LogP contribution >= 0.6 is 11.8 Å². The number of nitrogen functional groups attached to an aromatic ring is 1. The van der Waals surface area contributed by atoms with Crippen LogP contribution in [0, 0.1) is 22.7 Å². The van der Waals surface area contributed by atoms with E-state index in [9.17, 15) is 19.3 Å². The molecule has 29 heavy (non-hydrogen) atoms. The van der Waals surface area contributed by atoms with Gasteiger partial charge < -0.3 is 20.2 Å². The minimum Gasteiger partial charge on any atom is -0.395 e. The van der Waals surface area contributed by atoms with Crippen LogP contribution in [0.1, 0.15) is 16.8 Å². The maximum Gasteiger partial charge on any atom is 0.586 e. The van der Waals surface area contributed by atoms with Gasteiger partial charge in [0.1, 0.15) is 28.5 Å². The third-order valence-electron chi connectivity index (χ3n) is 4.02. The maximum absolute atomic E-state index is 13.3. The van der Waals surface area contributed by atoms with Gasteiger partial charge in [-0.15, -0.1) is 8.78 Å². The fraction of sp³-hybridized carbons (Fsp3) is 0.111. The van der Waals surface area contributed by atoms with Gasteiger partial charge in [0.25, 0.3) is 0 Å². The molecule has 144 valence electrons. The summed E-state index contributed by atoms with van der Waals surface area (Å²) in [5.74, 6) is 0.00498. The van der Waals surface area contributed by atoms with Gasteiger partial charge in [-0.25, -0.2) is 9.97 Å². The quantitative estimate of drug-likeness (QED) is 0.623. The summed E-state index contributed by atoms with van der Waals surface area (Å²) in [7, 11) is 0. The highest BCUT2D eigenvalue weighted by atomic mass is 32.2. The van der Waals surface area contributed by atoms with Crippen molar-refractivity contribution in [1.82, 2.24) is 15.0 Å². The second-order valence-electron chi connectivity index (χ2n) is 5.85. The molecule has 1 aromatic carbocycles. The number of H-pyrrole nitrogens is 1. The zero-order chi connectivity index (χ0) is 20.6. The van der Waals surface area contributed by atoms with E-state index in [1.165, 1.54) is 36.3 Å². The summed E-state index contributed by atoms with van der Waals surface area (Å²) in [4.78, 5) is 11.0. The Morgan fingerprint density at radius 1 is 1.17 bits per heavy atom. The molecule has 2 aromatic heterocycles. The van der Waals surface area contributed by atoms with Crippen LogP contribution in [-0.4, -0.2) is 21.2 Å². The summed E-state index contributed by atoms with van der Waals surface area (Å²) in [5, 5.41) is 19.6. The van der Waals surface area contributed by atoms with E-state index in [-0.39, 0.29) is 34.0 Å². The number of benzene rings is 1. The van der Waals surface area contributed by atoms with Gasteiger partial charge in [-0.05, 0) is 17.7 Å². The van der Waals surface area contributed by atoms with Crippen LogP contribution in [0.15, 0.2) is 35.7 Å². The van der Waals surface area contributed by atoms with Crippen molar-refractivity contribution in [3.8, 4) is 34.8 Å². The van der Waals surface area contributed by atoms with Gasteiger partial charge in [-0.1, -0.05) is 17.8 Å². The first kappa shape index (κ1) is 18.5. The van der Waals surface area contributed by atoms with Gasteiger partial charge in [0.2, 0.25) is 0 Å². The lowest BCUT2D eigenvalue weighted by Crippen LogP contribution is -2.25. The molecule has 8 nitrogen and oxygen atoms in total. The number of aromatic nitrogens is 3. The van der Waals surface area contributed by atoms with Gasteiger partial charge in [0, 0.05) is 23.2 Å². The van der Waals surface area contributed by atoms with E-state index < -0.39 is 6.29 Å². The van der Waals surface area contributed by atoms with E-state index in [1.54, 1.807) is 6.20 Å². The molecule has 0 spiro atoms. The number of aromatic amines is 1. The minimum atomic E-state index is -3.78. The van der Waals surface area contributed by atoms with Crippen LogP contribution in [0.25, 0.3) is 11.1 Å². The van der Waals surface area contributed by atoms with Crippen LogP contribution in [0.5, 0.6) is 11.5 Å². The number of anilines is 1. The molecule has 1 aliphatic heterocycles. The zero-order valence-corrected chi connectivity index (χ0v) is 15.3. The second-order valence-corrected chi connectivity index (χ2v) is 6.81. The van der Waals surface area contributed by atoms with Crippen molar-refractivity contribution < 1.29 is 18.3 Å². The monoisotopic (exact) mass is 412 g/mol. The number of thioether (sulfide) groups is 1. The van der Waals surface area contributed by atoms with Crippen molar-refractivity contribution in [2.24, 2.45) is 0 Å². The van der Waals surface area contributed by atoms with E-state index in [1.807, 2.05) is 12.1 Å². The number of nitriles is 2. The van der Waals surface area contributed by atoms with Crippen molar-refractivity contribution >= 4 is 17.6 Å². The van der Waals surface area contributed by atoms with E-state index in [0.29, 0.717) is 16.3 Å². The van der Waals surface area contributed by atoms with Crippen molar-refractivity contribution in [3.63, 3.8) is 0 Å². The molecule has 4 rings (SSSR count). The topological polar surface area (TPSA) is 134 Å². The molecule has 1 aliphatic rings. The number of nitrogens with zero attached hydrogens (tertiary/aromatic N) is 4. The number of imidazole rings is 1. The molecular weight excluding hydrogens is 402 g/mol. The Morgan fingerprint density at radius 2 is 1.93 bits per heavy atom. The fourth-order valence-corrected chi connectivity index (χ4v) is 3.71. The molecule has 0 bridgehead atoms. The molecular formula is C18H10F2N6O2S. The number of nitrogens with two attached hydrogens (primary N) is 1. The Labute approximate surface area is 166 Å². The number of nitrogens with one attached hydrogen (secondary N) is 1. The Morgan fingerprint density at radius 3 is 2.62 bits per heavy atom. The highest BCUT2D eigenvalue weighted by Gasteiger charge is 2.43. The number of hydrogen-bond acceptors (Lipinski definition) is 8. The molecule has 3 heterocycles. The molecule has 0 amide bonds. The number of hydrogen-bond donors (Lipinski definition) is 2. The highest BCUT2D eigenvalue weighted by Crippen LogP contribution is 2.45. The molecule has 11 heteroatoms. The Hall–Kier alpha value is -3.83. The average Bonchev–Trinajstić information content (AvgIpc) is 3.30. The summed E-state index contributed by atoms with van der Waals surface area (Å²) >= 11 is 1.23. The van der Waals surface area contributed by atoms with E-state index in [0.717, 1.165) is 5.69 Å². The number of ether oxygens (including phenoxy) is 2. The van der Waals surface area contributed by atoms with Gasteiger partial charge >= 0.3 is 6.29 Å². The van der Waals surface area contributed by atoms with E-state index in [2.05, 4.69) is 24.4 Å². The first-order valence-corrected chi connectivity index (χ1v) is 9.04. The first-order chi connectivity index (χ1) is 13.9. The Bertz CT molecular complexity index is 1180. The number of halogens is 2. The largest absolute Gasteiger partial charge is 0.586 e. The Balaban J connectivity index is 1.82. The van der Waals surface area contributed by atoms with Crippen molar-refractivity contribution in [1.29, 1.82) is 10.5 Å². The van der Waals surface area contributed by atoms with E-state index in [4.69, 9.17) is 5.73 Å². The summed E-state index contributed by atoms with van der Waals surface area (Å²) in [6.45, 7) is 0. The summed E-state index contributed by atoms with van der Waals surface area (Å²) < 4.78 is 35.5. The molecule has 0 unspecified atom stereocenters. The minimum absolute atomic E-state index is 0.0296. The lowest BCUT2D eigenvalue weighted by molar-refractivity contribution is -0.286. The van der Waals surface area contributed by atoms with Crippen LogP contribution in [-0.2, 0) is 5.75 Å². The van der Waals surface area contributed by atoms with Gasteiger partial charge in [-0.3, -0.25) is 0 Å². The standard InChI is InChI=1S/C18H10F2N6O2S/c19-18(20)27-13-2-1-9(3-14(13)28-18)15-11(4-21)16(23)26-17(12(15)5-22)29-7-10-6-24-8-25-10/h1-3,6,8H,7H2,(H2,23,26)(H,24,25). The molecule has 0 fully saturated rings. The van der Waals surface area contributed by atoms with Crippen LogP contribution < -0.4 is 15.2 Å². The molecule has 3 N–H and O–H groups in total. The van der Waals surface area contributed by atoms with Gasteiger partial charge in [0.15, 0.2) is 11.5 Å². The molecule has 3 aromatic rings. The normalized spacial score (nSPS) is 13.7. The number of rotatable bonds is 4. The second kappa shape index (κ2) is 6.96. The molecule has 0 saturated heterocycles. The predicted molar refractivity (Wildman–Crippen MR) is 97.9 cm³/mol.